The Morgan fingerprint density at radius 3 is 2.53 bits per heavy atom. The number of hydrogen-bond acceptors (Lipinski definition) is 7. The predicted octanol–water partition coefficient (Wildman–Crippen LogP) is 9.03. The minimum absolute atomic E-state index is 0.0308. The smallest absolute Gasteiger partial charge is 0.246 e. The zero-order chi connectivity index (χ0) is 42.2. The van der Waals surface area contributed by atoms with Crippen molar-refractivity contribution in [1.29, 1.82) is 0 Å². The molecule has 0 saturated carbocycles. The van der Waals surface area contributed by atoms with Crippen LogP contribution in [0.1, 0.15) is 76.8 Å². The molecule has 2 aromatic carbocycles. The van der Waals surface area contributed by atoms with Crippen molar-refractivity contribution < 1.29 is 4.79 Å². The van der Waals surface area contributed by atoms with Crippen LogP contribution in [0.3, 0.4) is 0 Å². The number of fused-ring (bicyclic) bond motifs is 1. The van der Waals surface area contributed by atoms with Gasteiger partial charge in [-0.3, -0.25) is 4.79 Å². The van der Waals surface area contributed by atoms with Gasteiger partial charge in [-0.1, -0.05) is 100 Å². The molecule has 9 nitrogen and oxygen atoms in total. The van der Waals surface area contributed by atoms with Crippen LogP contribution >= 0.6 is 0 Å². The monoisotopic (exact) mass is 803 g/mol. The van der Waals surface area contributed by atoms with Crippen molar-refractivity contribution in [2.75, 3.05) is 36.4 Å². The topological polar surface area (TPSA) is 90.7 Å². The molecular formula is C51H62N8O. The third-order valence-corrected chi connectivity index (χ3v) is 12.9. The average Bonchev–Trinajstić information content (AvgIpc) is 3.88. The van der Waals surface area contributed by atoms with E-state index in [1.54, 1.807) is 11.3 Å². The summed E-state index contributed by atoms with van der Waals surface area (Å²) in [7, 11) is 0. The quantitative estimate of drug-likeness (QED) is 0.0977. The van der Waals surface area contributed by atoms with Crippen molar-refractivity contribution in [3.8, 4) is 11.3 Å². The van der Waals surface area contributed by atoms with Gasteiger partial charge in [0.25, 0.3) is 0 Å². The van der Waals surface area contributed by atoms with Gasteiger partial charge in [-0.25, -0.2) is 15.0 Å². The van der Waals surface area contributed by atoms with Gasteiger partial charge in [-0.2, -0.15) is 5.10 Å². The minimum Gasteiger partial charge on any atom is -0.385 e. The lowest BCUT2D eigenvalue weighted by molar-refractivity contribution is -0.137. The van der Waals surface area contributed by atoms with Crippen LogP contribution in [0.5, 0.6) is 0 Å². The van der Waals surface area contributed by atoms with Crippen LogP contribution in [0.2, 0.25) is 0 Å². The Balaban J connectivity index is 0.878. The molecule has 1 saturated heterocycles. The van der Waals surface area contributed by atoms with E-state index in [9.17, 15) is 4.79 Å². The Labute approximate surface area is 356 Å². The fourth-order valence-corrected chi connectivity index (χ4v) is 8.91. The number of anilines is 2. The Bertz CT molecular complexity index is 2380. The molecule has 2 aliphatic heterocycles. The Kier molecular flexibility index (Phi) is 13.6. The number of carbonyl (C=O) groups excluding carboxylic acids is 1. The summed E-state index contributed by atoms with van der Waals surface area (Å²) in [5.41, 5.74) is 6.27. The average molecular weight is 803 g/mol. The molecule has 9 heteroatoms. The van der Waals surface area contributed by atoms with E-state index in [4.69, 9.17) is 0 Å². The first kappa shape index (κ1) is 42.2. The molecule has 312 valence electrons. The van der Waals surface area contributed by atoms with Crippen LogP contribution < -0.4 is 26.2 Å². The molecule has 0 spiro atoms. The molecule has 60 heavy (non-hydrogen) atoms. The highest BCUT2D eigenvalue weighted by Gasteiger charge is 2.35. The fraction of sp³-hybridized carbons (Fsp3) is 0.373. The first-order valence-electron chi connectivity index (χ1n) is 21.8. The van der Waals surface area contributed by atoms with Crippen LogP contribution in [0.25, 0.3) is 40.9 Å². The van der Waals surface area contributed by atoms with Crippen molar-refractivity contribution in [2.24, 2.45) is 22.9 Å². The molecule has 4 aromatic rings. The molecule has 0 bridgehead atoms. The van der Waals surface area contributed by atoms with Crippen molar-refractivity contribution in [2.45, 2.75) is 77.3 Å². The number of nitrogens with one attached hydrogen (secondary N) is 2. The van der Waals surface area contributed by atoms with E-state index in [-0.39, 0.29) is 23.9 Å². The normalized spacial score (nSPS) is 18.2. The zero-order valence-electron chi connectivity index (χ0n) is 35.7. The first-order valence-corrected chi connectivity index (χ1v) is 21.8. The number of allylic oxidation sites excluding steroid dienone is 5. The molecule has 2 N–H and O–H groups in total. The van der Waals surface area contributed by atoms with E-state index in [2.05, 4.69) is 149 Å². The van der Waals surface area contributed by atoms with Gasteiger partial charge in [0.05, 0.1) is 17.8 Å². The summed E-state index contributed by atoms with van der Waals surface area (Å²) in [6, 6.07) is 17.0. The van der Waals surface area contributed by atoms with E-state index >= 15 is 0 Å². The van der Waals surface area contributed by atoms with Gasteiger partial charge < -0.3 is 20.1 Å². The van der Waals surface area contributed by atoms with Gasteiger partial charge in [0.15, 0.2) is 0 Å². The van der Waals surface area contributed by atoms with E-state index in [0.29, 0.717) is 11.8 Å². The molecule has 0 radical (unpaired) electrons. The summed E-state index contributed by atoms with van der Waals surface area (Å²) < 4.78 is 2.22. The van der Waals surface area contributed by atoms with Gasteiger partial charge in [-0.15, -0.1) is 13.2 Å². The highest BCUT2D eigenvalue weighted by molar-refractivity contribution is 5.94. The van der Waals surface area contributed by atoms with Crippen molar-refractivity contribution in [3.05, 3.63) is 127 Å². The van der Waals surface area contributed by atoms with Crippen LogP contribution in [-0.4, -0.2) is 63.9 Å². The molecule has 1 fully saturated rings. The van der Waals surface area contributed by atoms with E-state index in [0.717, 1.165) is 133 Å². The van der Waals surface area contributed by atoms with Crippen molar-refractivity contribution >= 4 is 53.3 Å². The number of hydrazone groups is 1. The van der Waals surface area contributed by atoms with E-state index in [1.807, 2.05) is 18.4 Å². The maximum Gasteiger partial charge on any atom is 0.246 e. The summed E-state index contributed by atoms with van der Waals surface area (Å²) in [4.78, 5) is 25.1. The molecule has 4 heterocycles. The maximum absolute atomic E-state index is 13.6. The van der Waals surface area contributed by atoms with Crippen molar-refractivity contribution in [1.82, 2.24) is 24.9 Å². The zero-order valence-corrected chi connectivity index (χ0v) is 35.7. The number of amides is 1. The summed E-state index contributed by atoms with van der Waals surface area (Å²) in [5, 5.41) is 17.8. The molecule has 7 rings (SSSR count). The van der Waals surface area contributed by atoms with Crippen LogP contribution in [0.4, 0.5) is 11.5 Å². The van der Waals surface area contributed by atoms with E-state index in [1.165, 1.54) is 5.57 Å². The lowest BCUT2D eigenvalue weighted by atomic mass is 9.92. The maximum atomic E-state index is 13.6. The molecule has 2 aromatic heterocycles. The second-order valence-corrected chi connectivity index (χ2v) is 16.7. The number of hydrogen-bond donors (Lipinski definition) is 2. The summed E-state index contributed by atoms with van der Waals surface area (Å²) in [6.07, 6.45) is 21.2. The minimum atomic E-state index is -0.0308. The van der Waals surface area contributed by atoms with Gasteiger partial charge in [0.1, 0.15) is 12.1 Å². The Hall–Kier alpha value is -5.96. The molecule has 4 unspecified atom stereocenters. The van der Waals surface area contributed by atoms with Crippen LogP contribution in [0, 0.1) is 17.8 Å². The Morgan fingerprint density at radius 2 is 1.80 bits per heavy atom. The number of nitrogens with zero attached hydrogens (tertiary/aromatic N) is 6. The second-order valence-electron chi connectivity index (χ2n) is 16.7. The third-order valence-electron chi connectivity index (χ3n) is 12.9. The molecular weight excluding hydrogens is 741 g/mol. The van der Waals surface area contributed by atoms with Gasteiger partial charge in [0, 0.05) is 89.2 Å². The fourth-order valence-electron chi connectivity index (χ4n) is 8.91. The SMILES string of the molecule is C=CCCC(C=C)n1c(=C)c2cccc(NCCC(C)C(C)CNC(=C)c3ccc(-c4cc(N5CCC(C(=O)N6N=CCC6C6=CC=CCC6)CC5)ncn4)cc3)c2c1=C. The molecule has 4 atom stereocenters. The lowest BCUT2D eigenvalue weighted by Crippen LogP contribution is -2.43. The highest BCUT2D eigenvalue weighted by Crippen LogP contribution is 2.31. The molecule has 1 aliphatic carbocycles. The number of aromatic nitrogens is 3. The molecule has 3 aliphatic rings. The number of carbonyl (C=O) groups is 1. The van der Waals surface area contributed by atoms with Crippen LogP contribution in [0.15, 0.2) is 116 Å². The van der Waals surface area contributed by atoms with Gasteiger partial charge in [0.2, 0.25) is 5.91 Å². The summed E-state index contributed by atoms with van der Waals surface area (Å²) in [5.74, 6) is 1.94. The highest BCUT2D eigenvalue weighted by atomic mass is 16.2. The number of benzene rings is 2. The van der Waals surface area contributed by atoms with Crippen LogP contribution in [-0.2, 0) is 4.79 Å². The van der Waals surface area contributed by atoms with Gasteiger partial charge in [-0.05, 0) is 74.0 Å². The van der Waals surface area contributed by atoms with E-state index < -0.39 is 0 Å². The van der Waals surface area contributed by atoms with Gasteiger partial charge >= 0.3 is 0 Å². The second kappa shape index (κ2) is 19.4. The largest absolute Gasteiger partial charge is 0.385 e. The number of piperidine rings is 1. The first-order chi connectivity index (χ1) is 29.2. The Morgan fingerprint density at radius 1 is 1.00 bits per heavy atom. The lowest BCUT2D eigenvalue weighted by Gasteiger charge is -2.35. The molecule has 1 amide bonds. The number of rotatable bonds is 18. The summed E-state index contributed by atoms with van der Waals surface area (Å²) >= 11 is 0. The standard InChI is InChI=1S/C51H62N8O/c1-8-10-17-44(9-2)58-38(6)45-18-14-19-46(50(45)39(58)7)52-28-24-35(3)36(4)33-53-37(5)40-20-22-41(23-21-40)47-32-49(55-34-54-47)57-30-26-43(27-31-57)51(60)59-48(25-29-56-59)42-15-12-11-13-16-42/h8-9,11-12,14-15,18-23,29,32,34-36,43-44,48,52-53H,1-2,5-7,10,13,16-17,24-28,30-31,33H2,3-4H3. The third kappa shape index (κ3) is 9.25. The van der Waals surface area contributed by atoms with Crippen molar-refractivity contribution in [3.63, 3.8) is 0 Å². The predicted molar refractivity (Wildman–Crippen MR) is 252 cm³/mol. The summed E-state index contributed by atoms with van der Waals surface area (Å²) in [6.45, 7) is 29.1.